The maximum absolute atomic E-state index is 12.3. The van der Waals surface area contributed by atoms with Crippen LogP contribution in [0.2, 0.25) is 0 Å². The van der Waals surface area contributed by atoms with Crippen molar-refractivity contribution in [3.05, 3.63) is 65.9 Å². The fourth-order valence-corrected chi connectivity index (χ4v) is 3.59. The number of benzene rings is 2. The summed E-state index contributed by atoms with van der Waals surface area (Å²) < 4.78 is 0. The van der Waals surface area contributed by atoms with E-state index in [0.29, 0.717) is 6.54 Å². The molecule has 5 nitrogen and oxygen atoms in total. The van der Waals surface area contributed by atoms with Gasteiger partial charge in [-0.05, 0) is 50.1 Å². The first-order chi connectivity index (χ1) is 13.9. The van der Waals surface area contributed by atoms with Crippen LogP contribution in [0.1, 0.15) is 37.8 Å². The number of hydrogen-bond acceptors (Lipinski definition) is 3. The third kappa shape index (κ3) is 4.98. The van der Waals surface area contributed by atoms with Crippen molar-refractivity contribution in [1.82, 2.24) is 15.6 Å². The lowest BCUT2D eigenvalue weighted by molar-refractivity contribution is -0.123. The number of para-hydroxylation sites is 1. The fourth-order valence-electron chi connectivity index (χ4n) is 3.59. The smallest absolute Gasteiger partial charge is 0.237 e. The Kier molecular flexibility index (Phi) is 6.60. The molecule has 0 fully saturated rings. The Bertz CT molecular complexity index is 943. The molecular weight excluding hydrogens is 360 g/mol. The Morgan fingerprint density at radius 3 is 2.38 bits per heavy atom. The molecule has 0 aliphatic rings. The van der Waals surface area contributed by atoms with E-state index in [4.69, 9.17) is 0 Å². The van der Waals surface area contributed by atoms with Gasteiger partial charge in [0.2, 0.25) is 5.91 Å². The topological polar surface area (TPSA) is 60.2 Å². The molecule has 2 aromatic carbocycles. The minimum absolute atomic E-state index is 0.0284. The Morgan fingerprint density at radius 1 is 1.03 bits per heavy atom. The second kappa shape index (κ2) is 9.14. The van der Waals surface area contributed by atoms with Crippen molar-refractivity contribution in [1.29, 1.82) is 0 Å². The van der Waals surface area contributed by atoms with Gasteiger partial charge in [0, 0.05) is 55.4 Å². The second-order valence-corrected chi connectivity index (χ2v) is 8.12. The lowest BCUT2D eigenvalue weighted by atomic mass is 9.90. The number of carbonyl (C=O) groups is 1. The van der Waals surface area contributed by atoms with Crippen molar-refractivity contribution < 1.29 is 4.79 Å². The van der Waals surface area contributed by atoms with Gasteiger partial charge in [-0.25, -0.2) is 0 Å². The molecule has 0 saturated carbocycles. The predicted octanol–water partition coefficient (Wildman–Crippen LogP) is 3.87. The van der Waals surface area contributed by atoms with Gasteiger partial charge in [-0.3, -0.25) is 4.79 Å². The van der Waals surface area contributed by atoms with E-state index in [1.54, 1.807) is 0 Å². The highest BCUT2D eigenvalue weighted by Crippen LogP contribution is 2.31. The van der Waals surface area contributed by atoms with Gasteiger partial charge < -0.3 is 20.5 Å². The average molecular weight is 393 g/mol. The largest absolute Gasteiger partial charge is 0.378 e. The van der Waals surface area contributed by atoms with Crippen molar-refractivity contribution in [3.63, 3.8) is 0 Å². The number of H-pyrrole nitrogens is 1. The number of carbonyl (C=O) groups excluding carboxylic acids is 1. The third-order valence-corrected chi connectivity index (χ3v) is 5.26. The Morgan fingerprint density at radius 2 is 1.72 bits per heavy atom. The van der Waals surface area contributed by atoms with Crippen LogP contribution in [-0.2, 0) is 4.79 Å². The SMILES string of the molecule is CC(C)NC(=O)[C@H](C)NC[C@H](c1ccc(N(C)C)cc1)c1c[nH]c2ccccc12. The molecule has 0 spiro atoms. The highest BCUT2D eigenvalue weighted by atomic mass is 16.2. The van der Waals surface area contributed by atoms with E-state index in [2.05, 4.69) is 69.2 Å². The van der Waals surface area contributed by atoms with Gasteiger partial charge in [0.15, 0.2) is 0 Å². The molecule has 1 aromatic heterocycles. The first-order valence-corrected chi connectivity index (χ1v) is 10.2. The standard InChI is InChI=1S/C24H32N4O/c1-16(2)27-24(29)17(3)25-14-21(18-10-12-19(13-11-18)28(4)5)22-15-26-23-9-7-6-8-20(22)23/h6-13,15-17,21,25-26H,14H2,1-5H3,(H,27,29)/t17-,21+/m0/s1. The molecule has 0 radical (unpaired) electrons. The molecule has 1 amide bonds. The predicted molar refractivity (Wildman–Crippen MR) is 122 cm³/mol. The summed E-state index contributed by atoms with van der Waals surface area (Å²) >= 11 is 0. The molecule has 0 unspecified atom stereocenters. The number of amides is 1. The molecule has 0 bridgehead atoms. The van der Waals surface area contributed by atoms with Crippen molar-refractivity contribution in [3.8, 4) is 0 Å². The van der Waals surface area contributed by atoms with E-state index in [-0.39, 0.29) is 23.9 Å². The molecule has 0 saturated heterocycles. The number of nitrogens with one attached hydrogen (secondary N) is 3. The minimum Gasteiger partial charge on any atom is -0.378 e. The highest BCUT2D eigenvalue weighted by Gasteiger charge is 2.21. The Hall–Kier alpha value is -2.79. The summed E-state index contributed by atoms with van der Waals surface area (Å²) in [5, 5.41) is 7.64. The zero-order chi connectivity index (χ0) is 21.0. The van der Waals surface area contributed by atoms with E-state index < -0.39 is 0 Å². The van der Waals surface area contributed by atoms with Crippen LogP contribution in [0.4, 0.5) is 5.69 Å². The highest BCUT2D eigenvalue weighted by molar-refractivity contribution is 5.84. The molecule has 1 heterocycles. The number of rotatable bonds is 8. The number of fused-ring (bicyclic) bond motifs is 1. The van der Waals surface area contributed by atoms with Gasteiger partial charge in [0.1, 0.15) is 0 Å². The van der Waals surface area contributed by atoms with Crippen LogP contribution >= 0.6 is 0 Å². The molecular formula is C24H32N4O. The van der Waals surface area contributed by atoms with Crippen molar-refractivity contribution in [2.45, 2.75) is 38.8 Å². The van der Waals surface area contributed by atoms with Gasteiger partial charge in [-0.2, -0.15) is 0 Å². The molecule has 0 aliphatic heterocycles. The van der Waals surface area contributed by atoms with Crippen LogP contribution in [0, 0.1) is 0 Å². The van der Waals surface area contributed by atoms with Crippen LogP contribution in [0.3, 0.4) is 0 Å². The number of aromatic amines is 1. The molecule has 3 N–H and O–H groups in total. The van der Waals surface area contributed by atoms with Gasteiger partial charge in [-0.15, -0.1) is 0 Å². The van der Waals surface area contributed by atoms with Crippen LogP contribution in [0.25, 0.3) is 10.9 Å². The van der Waals surface area contributed by atoms with E-state index in [0.717, 1.165) is 5.52 Å². The van der Waals surface area contributed by atoms with E-state index in [1.165, 1.54) is 22.2 Å². The van der Waals surface area contributed by atoms with Crippen molar-refractivity contribution in [2.75, 3.05) is 25.5 Å². The summed E-state index contributed by atoms with van der Waals surface area (Å²) in [6.45, 7) is 6.55. The molecule has 2 atom stereocenters. The van der Waals surface area contributed by atoms with E-state index >= 15 is 0 Å². The maximum atomic E-state index is 12.3. The number of nitrogens with zero attached hydrogens (tertiary/aromatic N) is 1. The summed E-state index contributed by atoms with van der Waals surface area (Å²) in [5.41, 5.74) is 4.76. The van der Waals surface area contributed by atoms with Crippen LogP contribution in [0.15, 0.2) is 54.7 Å². The van der Waals surface area contributed by atoms with Gasteiger partial charge in [-0.1, -0.05) is 30.3 Å². The second-order valence-electron chi connectivity index (χ2n) is 8.12. The van der Waals surface area contributed by atoms with Crippen LogP contribution in [0.5, 0.6) is 0 Å². The normalized spacial score (nSPS) is 13.4. The maximum Gasteiger partial charge on any atom is 0.237 e. The van der Waals surface area contributed by atoms with Gasteiger partial charge in [0.25, 0.3) is 0 Å². The molecule has 154 valence electrons. The number of anilines is 1. The van der Waals surface area contributed by atoms with Gasteiger partial charge >= 0.3 is 0 Å². The molecule has 5 heteroatoms. The molecule has 3 aromatic rings. The van der Waals surface area contributed by atoms with E-state index in [1.807, 2.05) is 40.9 Å². The Labute approximate surface area is 173 Å². The molecule has 0 aliphatic carbocycles. The van der Waals surface area contributed by atoms with Crippen molar-refractivity contribution >= 4 is 22.5 Å². The monoisotopic (exact) mass is 392 g/mol. The number of aromatic nitrogens is 1. The Balaban J connectivity index is 1.88. The van der Waals surface area contributed by atoms with E-state index in [9.17, 15) is 4.79 Å². The first kappa shape index (κ1) is 20.9. The van der Waals surface area contributed by atoms with Crippen molar-refractivity contribution in [2.24, 2.45) is 0 Å². The zero-order valence-electron chi connectivity index (χ0n) is 18.0. The summed E-state index contributed by atoms with van der Waals surface area (Å²) in [5.74, 6) is 0.164. The fraction of sp³-hybridized carbons (Fsp3) is 0.375. The van der Waals surface area contributed by atoms with Crippen LogP contribution < -0.4 is 15.5 Å². The van der Waals surface area contributed by atoms with Gasteiger partial charge in [0.05, 0.1) is 6.04 Å². The minimum atomic E-state index is -0.258. The third-order valence-electron chi connectivity index (χ3n) is 5.26. The zero-order valence-corrected chi connectivity index (χ0v) is 18.0. The molecule has 3 rings (SSSR count). The summed E-state index contributed by atoms with van der Waals surface area (Å²) in [6, 6.07) is 16.9. The summed E-state index contributed by atoms with van der Waals surface area (Å²) in [7, 11) is 4.09. The molecule has 29 heavy (non-hydrogen) atoms. The number of hydrogen-bond donors (Lipinski definition) is 3. The lowest BCUT2D eigenvalue weighted by Gasteiger charge is -2.22. The summed E-state index contributed by atoms with van der Waals surface area (Å²) in [4.78, 5) is 17.8. The van der Waals surface area contributed by atoms with Crippen LogP contribution in [-0.4, -0.2) is 43.6 Å². The first-order valence-electron chi connectivity index (χ1n) is 10.2. The lowest BCUT2D eigenvalue weighted by Crippen LogP contribution is -2.45. The average Bonchev–Trinajstić information content (AvgIpc) is 3.12. The summed E-state index contributed by atoms with van der Waals surface area (Å²) in [6.07, 6.45) is 2.09. The quantitative estimate of drug-likeness (QED) is 0.545.